The molecule has 1 aromatic carbocycles. The Kier molecular flexibility index (Phi) is 2.63. The summed E-state index contributed by atoms with van der Waals surface area (Å²) < 4.78 is 0. The Balaban J connectivity index is 2.40. The molecule has 1 aromatic rings. The summed E-state index contributed by atoms with van der Waals surface area (Å²) in [6, 6.07) is 8.83. The lowest BCUT2D eigenvalue weighted by molar-refractivity contribution is -0.143. The molecule has 0 radical (unpaired) electrons. The minimum absolute atomic E-state index is 0.453. The van der Waals surface area contributed by atoms with Crippen molar-refractivity contribution in [3.8, 4) is 6.07 Å². The number of carbonyl (C=O) groups is 1. The fourth-order valence-electron chi connectivity index (χ4n) is 2.11. The van der Waals surface area contributed by atoms with Crippen molar-refractivity contribution < 1.29 is 9.90 Å². The number of rotatable bonds is 2. The van der Waals surface area contributed by atoms with Gasteiger partial charge >= 0.3 is 5.97 Å². The highest BCUT2D eigenvalue weighted by molar-refractivity contribution is 5.82. The zero-order valence-electron chi connectivity index (χ0n) is 8.73. The molecule has 0 aromatic heterocycles. The molecular weight excluding hydrogens is 204 g/mol. The van der Waals surface area contributed by atoms with Gasteiger partial charge in [0.25, 0.3) is 0 Å². The van der Waals surface area contributed by atoms with E-state index in [2.05, 4.69) is 5.32 Å². The van der Waals surface area contributed by atoms with Crippen LogP contribution in [0.4, 0.5) is 0 Å². The van der Waals surface area contributed by atoms with E-state index in [0.717, 1.165) is 5.56 Å². The van der Waals surface area contributed by atoms with Crippen molar-refractivity contribution in [2.75, 3.05) is 13.1 Å². The topological polar surface area (TPSA) is 73.1 Å². The first-order valence-electron chi connectivity index (χ1n) is 5.14. The monoisotopic (exact) mass is 216 g/mol. The van der Waals surface area contributed by atoms with Crippen molar-refractivity contribution in [2.24, 2.45) is 0 Å². The SMILES string of the molecule is N#Cc1ccc(C2(C(=O)O)CCNC2)cc1. The van der Waals surface area contributed by atoms with E-state index in [4.69, 9.17) is 5.26 Å². The third-order valence-electron chi connectivity index (χ3n) is 3.13. The molecular formula is C12H12N2O2. The molecule has 4 nitrogen and oxygen atoms in total. The number of carboxylic acid groups (broad SMARTS) is 1. The van der Waals surface area contributed by atoms with Crippen LogP contribution >= 0.6 is 0 Å². The molecule has 1 heterocycles. The van der Waals surface area contributed by atoms with Gasteiger partial charge in [0.1, 0.15) is 5.41 Å². The summed E-state index contributed by atoms with van der Waals surface area (Å²) in [4.78, 5) is 11.4. The predicted molar refractivity (Wildman–Crippen MR) is 58.0 cm³/mol. The Morgan fingerprint density at radius 2 is 2.12 bits per heavy atom. The van der Waals surface area contributed by atoms with Gasteiger partial charge in [-0.1, -0.05) is 12.1 Å². The van der Waals surface area contributed by atoms with Crippen molar-refractivity contribution in [2.45, 2.75) is 11.8 Å². The van der Waals surface area contributed by atoms with E-state index in [1.165, 1.54) is 0 Å². The number of nitrogens with one attached hydrogen (secondary N) is 1. The summed E-state index contributed by atoms with van der Waals surface area (Å²) in [5.41, 5.74) is 0.493. The lowest BCUT2D eigenvalue weighted by Crippen LogP contribution is -2.37. The molecule has 1 unspecified atom stereocenters. The second-order valence-corrected chi connectivity index (χ2v) is 4.00. The maximum absolute atomic E-state index is 11.4. The second kappa shape index (κ2) is 3.95. The summed E-state index contributed by atoms with van der Waals surface area (Å²) in [6.07, 6.45) is 0.592. The normalized spacial score (nSPS) is 23.9. The average molecular weight is 216 g/mol. The van der Waals surface area contributed by atoms with Crippen molar-refractivity contribution in [1.29, 1.82) is 5.26 Å². The third-order valence-corrected chi connectivity index (χ3v) is 3.13. The summed E-state index contributed by atoms with van der Waals surface area (Å²) in [7, 11) is 0. The molecule has 1 atom stereocenters. The number of aliphatic carboxylic acids is 1. The lowest BCUT2D eigenvalue weighted by atomic mass is 9.79. The van der Waals surface area contributed by atoms with Crippen molar-refractivity contribution in [3.63, 3.8) is 0 Å². The summed E-state index contributed by atoms with van der Waals surface area (Å²) in [6.45, 7) is 1.17. The average Bonchev–Trinajstić information content (AvgIpc) is 2.79. The molecule has 0 saturated carbocycles. The smallest absolute Gasteiger partial charge is 0.315 e. The van der Waals surface area contributed by atoms with Crippen molar-refractivity contribution in [1.82, 2.24) is 5.32 Å². The first-order chi connectivity index (χ1) is 7.69. The zero-order chi connectivity index (χ0) is 11.6. The van der Waals surface area contributed by atoms with Crippen LogP contribution in [0.5, 0.6) is 0 Å². The van der Waals surface area contributed by atoms with Crippen LogP contribution in [0.3, 0.4) is 0 Å². The predicted octanol–water partition coefficient (Wildman–Crippen LogP) is 0.874. The Labute approximate surface area is 93.5 Å². The van der Waals surface area contributed by atoms with Crippen LogP contribution in [-0.2, 0) is 10.2 Å². The largest absolute Gasteiger partial charge is 0.481 e. The molecule has 0 aliphatic carbocycles. The highest BCUT2D eigenvalue weighted by atomic mass is 16.4. The van der Waals surface area contributed by atoms with Gasteiger partial charge in [-0.15, -0.1) is 0 Å². The number of nitriles is 1. The van der Waals surface area contributed by atoms with Crippen molar-refractivity contribution in [3.05, 3.63) is 35.4 Å². The molecule has 2 rings (SSSR count). The van der Waals surface area contributed by atoms with Crippen LogP contribution in [0, 0.1) is 11.3 Å². The van der Waals surface area contributed by atoms with Crippen molar-refractivity contribution >= 4 is 5.97 Å². The highest BCUT2D eigenvalue weighted by Gasteiger charge is 2.42. The summed E-state index contributed by atoms with van der Waals surface area (Å²) >= 11 is 0. The van der Waals surface area contributed by atoms with Crippen LogP contribution < -0.4 is 5.32 Å². The fraction of sp³-hybridized carbons (Fsp3) is 0.333. The van der Waals surface area contributed by atoms with Crippen LogP contribution in [0.1, 0.15) is 17.5 Å². The number of carboxylic acids is 1. The quantitative estimate of drug-likeness (QED) is 0.769. The second-order valence-electron chi connectivity index (χ2n) is 4.00. The Morgan fingerprint density at radius 3 is 2.56 bits per heavy atom. The Bertz CT molecular complexity index is 439. The first-order valence-corrected chi connectivity index (χ1v) is 5.14. The third kappa shape index (κ3) is 1.55. The molecule has 1 aliphatic rings. The van der Waals surface area contributed by atoms with Gasteiger partial charge in [-0.2, -0.15) is 5.26 Å². The van der Waals surface area contributed by atoms with E-state index >= 15 is 0 Å². The molecule has 0 spiro atoms. The first kappa shape index (κ1) is 10.7. The number of benzene rings is 1. The van der Waals surface area contributed by atoms with Gasteiger partial charge in [0.2, 0.25) is 0 Å². The van der Waals surface area contributed by atoms with Gasteiger partial charge in [0, 0.05) is 6.54 Å². The summed E-state index contributed by atoms with van der Waals surface area (Å²) in [5.74, 6) is -0.804. The maximum atomic E-state index is 11.4. The zero-order valence-corrected chi connectivity index (χ0v) is 8.73. The van der Waals surface area contributed by atoms with E-state index in [9.17, 15) is 9.90 Å². The minimum atomic E-state index is -0.825. The molecule has 1 aliphatic heterocycles. The van der Waals surface area contributed by atoms with E-state index in [-0.39, 0.29) is 0 Å². The van der Waals surface area contributed by atoms with Gasteiger partial charge in [-0.3, -0.25) is 4.79 Å². The summed E-state index contributed by atoms with van der Waals surface area (Å²) in [5, 5.41) is 21.1. The number of nitrogens with zero attached hydrogens (tertiary/aromatic N) is 1. The highest BCUT2D eigenvalue weighted by Crippen LogP contribution is 2.31. The molecule has 0 amide bonds. The molecule has 0 bridgehead atoms. The van der Waals surface area contributed by atoms with Gasteiger partial charge in [0.15, 0.2) is 0 Å². The molecule has 82 valence electrons. The van der Waals surface area contributed by atoms with E-state index < -0.39 is 11.4 Å². The van der Waals surface area contributed by atoms with Gasteiger partial charge < -0.3 is 10.4 Å². The molecule has 16 heavy (non-hydrogen) atoms. The Hall–Kier alpha value is -1.86. The molecule has 4 heteroatoms. The minimum Gasteiger partial charge on any atom is -0.481 e. The van der Waals surface area contributed by atoms with Crippen LogP contribution in [0.15, 0.2) is 24.3 Å². The molecule has 1 fully saturated rings. The number of hydrogen-bond donors (Lipinski definition) is 2. The fourth-order valence-corrected chi connectivity index (χ4v) is 2.11. The lowest BCUT2D eigenvalue weighted by Gasteiger charge is -2.23. The standard InChI is InChI=1S/C12H12N2O2/c13-7-9-1-3-10(4-2-9)12(11(15)16)5-6-14-8-12/h1-4,14H,5-6,8H2,(H,15,16). The number of hydrogen-bond acceptors (Lipinski definition) is 3. The van der Waals surface area contributed by atoms with Crippen LogP contribution in [-0.4, -0.2) is 24.2 Å². The maximum Gasteiger partial charge on any atom is 0.315 e. The van der Waals surface area contributed by atoms with E-state index in [1.807, 2.05) is 6.07 Å². The van der Waals surface area contributed by atoms with Crippen LogP contribution in [0.25, 0.3) is 0 Å². The van der Waals surface area contributed by atoms with Gasteiger partial charge in [0.05, 0.1) is 11.6 Å². The van der Waals surface area contributed by atoms with E-state index in [0.29, 0.717) is 25.1 Å². The van der Waals surface area contributed by atoms with Crippen LogP contribution in [0.2, 0.25) is 0 Å². The van der Waals surface area contributed by atoms with Gasteiger partial charge in [-0.25, -0.2) is 0 Å². The molecule has 2 N–H and O–H groups in total. The molecule has 1 saturated heterocycles. The van der Waals surface area contributed by atoms with E-state index in [1.54, 1.807) is 24.3 Å². The van der Waals surface area contributed by atoms with Gasteiger partial charge in [-0.05, 0) is 30.7 Å². The Morgan fingerprint density at radius 1 is 1.44 bits per heavy atom.